The van der Waals surface area contributed by atoms with Gasteiger partial charge in [-0.1, -0.05) is 11.6 Å². The number of hydrogen-bond acceptors (Lipinski definition) is 4. The summed E-state index contributed by atoms with van der Waals surface area (Å²) in [5, 5.41) is 3.30. The smallest absolute Gasteiger partial charge is 0.261 e. The Morgan fingerprint density at radius 3 is 2.56 bits per heavy atom. The normalized spacial score (nSPS) is 10.7. The monoisotopic (exact) mass is 366 g/mol. The molecule has 1 heterocycles. The van der Waals surface area contributed by atoms with Gasteiger partial charge in [0.15, 0.2) is 0 Å². The van der Waals surface area contributed by atoms with E-state index in [1.807, 2.05) is 36.6 Å². The fourth-order valence-corrected chi connectivity index (χ4v) is 3.03. The molecule has 0 saturated heterocycles. The SMILES string of the molecule is CCn1cc(C(=O)Nc2ccc(OC)cc2OC)c(=O)c2cc(C)ccc21. The first kappa shape index (κ1) is 18.5. The number of carbonyl (C=O) groups excluding carboxylic acids is 1. The summed E-state index contributed by atoms with van der Waals surface area (Å²) in [6.07, 6.45) is 1.60. The fraction of sp³-hybridized carbons (Fsp3) is 0.238. The van der Waals surface area contributed by atoms with Gasteiger partial charge in [0, 0.05) is 24.2 Å². The predicted octanol–water partition coefficient (Wildman–Crippen LogP) is 3.60. The minimum atomic E-state index is -0.478. The van der Waals surface area contributed by atoms with Gasteiger partial charge >= 0.3 is 0 Å². The molecule has 0 unspecified atom stereocenters. The molecule has 0 aliphatic heterocycles. The third-order valence-corrected chi connectivity index (χ3v) is 4.48. The average Bonchev–Trinajstić information content (AvgIpc) is 2.68. The Kier molecular flexibility index (Phi) is 5.16. The lowest BCUT2D eigenvalue weighted by Crippen LogP contribution is -2.24. The van der Waals surface area contributed by atoms with E-state index >= 15 is 0 Å². The van der Waals surface area contributed by atoms with Crippen molar-refractivity contribution >= 4 is 22.5 Å². The van der Waals surface area contributed by atoms with Gasteiger partial charge in [-0.2, -0.15) is 0 Å². The molecular weight excluding hydrogens is 344 g/mol. The summed E-state index contributed by atoms with van der Waals surface area (Å²) in [6, 6.07) is 10.7. The zero-order valence-electron chi connectivity index (χ0n) is 15.8. The minimum absolute atomic E-state index is 0.0906. The van der Waals surface area contributed by atoms with Crippen LogP contribution >= 0.6 is 0 Å². The van der Waals surface area contributed by atoms with Crippen LogP contribution in [0.15, 0.2) is 47.4 Å². The standard InChI is InChI=1S/C21H22N2O4/c1-5-23-12-16(20(24)15-10-13(2)6-9-18(15)23)21(25)22-17-8-7-14(26-3)11-19(17)27-4/h6-12H,5H2,1-4H3,(H,22,25). The van der Waals surface area contributed by atoms with Crippen molar-refractivity contribution < 1.29 is 14.3 Å². The summed E-state index contributed by atoms with van der Waals surface area (Å²) in [4.78, 5) is 25.8. The van der Waals surface area contributed by atoms with Crippen LogP contribution in [0.4, 0.5) is 5.69 Å². The van der Waals surface area contributed by atoms with Crippen molar-refractivity contribution in [3.63, 3.8) is 0 Å². The molecule has 1 aromatic heterocycles. The van der Waals surface area contributed by atoms with Gasteiger partial charge in [-0.3, -0.25) is 9.59 Å². The second kappa shape index (κ2) is 7.53. The molecule has 3 aromatic rings. The summed E-state index contributed by atoms with van der Waals surface area (Å²) >= 11 is 0. The number of aryl methyl sites for hydroxylation is 2. The van der Waals surface area contributed by atoms with E-state index in [1.54, 1.807) is 31.5 Å². The van der Waals surface area contributed by atoms with Gasteiger partial charge in [-0.05, 0) is 38.1 Å². The van der Waals surface area contributed by atoms with E-state index < -0.39 is 5.91 Å². The molecule has 3 rings (SSSR count). The number of nitrogens with zero attached hydrogens (tertiary/aromatic N) is 1. The van der Waals surface area contributed by atoms with Crippen LogP contribution in [0.3, 0.4) is 0 Å². The second-order valence-electron chi connectivity index (χ2n) is 6.20. The number of fused-ring (bicyclic) bond motifs is 1. The Hall–Kier alpha value is -3.28. The van der Waals surface area contributed by atoms with Crippen LogP contribution in [0, 0.1) is 6.92 Å². The lowest BCUT2D eigenvalue weighted by Gasteiger charge is -2.14. The van der Waals surface area contributed by atoms with Crippen molar-refractivity contribution in [2.75, 3.05) is 19.5 Å². The number of methoxy groups -OCH3 is 2. The fourth-order valence-electron chi connectivity index (χ4n) is 3.03. The average molecular weight is 366 g/mol. The first-order valence-corrected chi connectivity index (χ1v) is 8.65. The number of nitrogens with one attached hydrogen (secondary N) is 1. The number of aromatic nitrogens is 1. The van der Waals surface area contributed by atoms with E-state index in [2.05, 4.69) is 5.32 Å². The third-order valence-electron chi connectivity index (χ3n) is 4.48. The van der Waals surface area contributed by atoms with Crippen LogP contribution in [0.5, 0.6) is 11.5 Å². The van der Waals surface area contributed by atoms with E-state index in [-0.39, 0.29) is 11.0 Å². The summed E-state index contributed by atoms with van der Waals surface area (Å²) < 4.78 is 12.4. The Morgan fingerprint density at radius 2 is 1.89 bits per heavy atom. The number of anilines is 1. The van der Waals surface area contributed by atoms with Crippen molar-refractivity contribution in [3.8, 4) is 11.5 Å². The van der Waals surface area contributed by atoms with E-state index in [0.29, 0.717) is 29.1 Å². The Morgan fingerprint density at radius 1 is 1.11 bits per heavy atom. The van der Waals surface area contributed by atoms with Gasteiger partial charge in [-0.25, -0.2) is 0 Å². The molecule has 6 nitrogen and oxygen atoms in total. The molecule has 0 aliphatic rings. The Labute approximate surface area is 157 Å². The number of benzene rings is 2. The van der Waals surface area contributed by atoms with E-state index in [0.717, 1.165) is 11.1 Å². The Bertz CT molecular complexity index is 1070. The quantitative estimate of drug-likeness (QED) is 0.749. The molecule has 0 fully saturated rings. The maximum absolute atomic E-state index is 12.9. The van der Waals surface area contributed by atoms with Gasteiger partial charge in [0.2, 0.25) is 5.43 Å². The molecule has 0 bridgehead atoms. The van der Waals surface area contributed by atoms with Crippen molar-refractivity contribution in [1.82, 2.24) is 4.57 Å². The molecule has 0 aliphatic carbocycles. The van der Waals surface area contributed by atoms with Crippen molar-refractivity contribution in [3.05, 3.63) is 63.9 Å². The number of hydrogen-bond donors (Lipinski definition) is 1. The summed E-state index contributed by atoms with van der Waals surface area (Å²) in [5.74, 6) is 0.587. The van der Waals surface area contributed by atoms with Gasteiger partial charge in [0.1, 0.15) is 17.1 Å². The molecule has 0 spiro atoms. The highest BCUT2D eigenvalue weighted by Crippen LogP contribution is 2.29. The number of amides is 1. The largest absolute Gasteiger partial charge is 0.497 e. The molecule has 0 radical (unpaired) electrons. The van der Waals surface area contributed by atoms with Crippen molar-refractivity contribution in [2.45, 2.75) is 20.4 Å². The summed E-state index contributed by atoms with van der Waals surface area (Å²) in [5.41, 5.74) is 2.05. The van der Waals surface area contributed by atoms with Crippen LogP contribution in [0.25, 0.3) is 10.9 Å². The van der Waals surface area contributed by atoms with E-state index in [4.69, 9.17) is 9.47 Å². The Balaban J connectivity index is 2.06. The maximum atomic E-state index is 12.9. The van der Waals surface area contributed by atoms with Crippen LogP contribution in [-0.2, 0) is 6.54 Å². The van der Waals surface area contributed by atoms with Gasteiger partial charge in [-0.15, -0.1) is 0 Å². The molecule has 27 heavy (non-hydrogen) atoms. The summed E-state index contributed by atoms with van der Waals surface area (Å²) in [7, 11) is 3.06. The molecule has 1 amide bonds. The topological polar surface area (TPSA) is 69.6 Å². The first-order chi connectivity index (χ1) is 13.0. The lowest BCUT2D eigenvalue weighted by molar-refractivity contribution is 0.102. The molecule has 0 atom stereocenters. The zero-order chi connectivity index (χ0) is 19.6. The van der Waals surface area contributed by atoms with E-state index in [1.165, 1.54) is 7.11 Å². The molecular formula is C21H22N2O4. The van der Waals surface area contributed by atoms with Crippen LogP contribution < -0.4 is 20.2 Å². The van der Waals surface area contributed by atoms with E-state index in [9.17, 15) is 9.59 Å². The molecule has 1 N–H and O–H groups in total. The van der Waals surface area contributed by atoms with Crippen molar-refractivity contribution in [2.24, 2.45) is 0 Å². The number of ether oxygens (including phenoxy) is 2. The number of carbonyl (C=O) groups is 1. The number of rotatable bonds is 5. The highest BCUT2D eigenvalue weighted by Gasteiger charge is 2.17. The number of pyridine rings is 1. The maximum Gasteiger partial charge on any atom is 0.261 e. The molecule has 0 saturated carbocycles. The highest BCUT2D eigenvalue weighted by atomic mass is 16.5. The molecule has 140 valence electrons. The molecule has 2 aromatic carbocycles. The molecule has 6 heteroatoms. The lowest BCUT2D eigenvalue weighted by atomic mass is 10.1. The summed E-state index contributed by atoms with van der Waals surface area (Å²) in [6.45, 7) is 4.54. The highest BCUT2D eigenvalue weighted by molar-refractivity contribution is 6.06. The second-order valence-corrected chi connectivity index (χ2v) is 6.20. The van der Waals surface area contributed by atoms with Crippen LogP contribution in [0.1, 0.15) is 22.8 Å². The van der Waals surface area contributed by atoms with Crippen molar-refractivity contribution in [1.29, 1.82) is 0 Å². The predicted molar refractivity (Wildman–Crippen MR) is 106 cm³/mol. The van der Waals surface area contributed by atoms with Gasteiger partial charge in [0.25, 0.3) is 5.91 Å². The van der Waals surface area contributed by atoms with Gasteiger partial charge in [0.05, 0.1) is 25.4 Å². The van der Waals surface area contributed by atoms with Gasteiger partial charge < -0.3 is 19.4 Å². The zero-order valence-corrected chi connectivity index (χ0v) is 15.8. The van der Waals surface area contributed by atoms with Crippen LogP contribution in [0.2, 0.25) is 0 Å². The third kappa shape index (κ3) is 3.51. The van der Waals surface area contributed by atoms with Crippen LogP contribution in [-0.4, -0.2) is 24.7 Å². The first-order valence-electron chi connectivity index (χ1n) is 8.65. The minimum Gasteiger partial charge on any atom is -0.497 e.